The Morgan fingerprint density at radius 3 is 2.57 bits per heavy atom. The number of hydrogen-bond donors (Lipinski definition) is 0. The molecule has 2 heterocycles. The first-order valence-electron chi connectivity index (χ1n) is 9.30. The van der Waals surface area contributed by atoms with Crippen molar-refractivity contribution in [3.8, 4) is 28.6 Å². The van der Waals surface area contributed by atoms with Crippen molar-refractivity contribution in [2.24, 2.45) is 0 Å². The molecule has 0 fully saturated rings. The Hall–Kier alpha value is -3.41. The highest BCUT2D eigenvalue weighted by Crippen LogP contribution is 2.24. The lowest BCUT2D eigenvalue weighted by atomic mass is 10.1. The molecule has 0 saturated carbocycles. The number of aryl methyl sites for hydroxylation is 1. The maximum atomic E-state index is 12.9. The predicted molar refractivity (Wildman–Crippen MR) is 108 cm³/mol. The molecular formula is C22H21N3O3. The van der Waals surface area contributed by atoms with Crippen LogP contribution in [0.1, 0.15) is 20.8 Å². The molecule has 0 bridgehead atoms. The van der Waals surface area contributed by atoms with Crippen LogP contribution in [-0.2, 0) is 6.54 Å². The number of rotatable bonds is 5. The van der Waals surface area contributed by atoms with E-state index in [1.165, 1.54) is 0 Å². The number of pyridine rings is 1. The number of hydrogen-bond acceptors (Lipinski definition) is 5. The second kappa shape index (κ2) is 7.31. The smallest absolute Gasteiger partial charge is 0.263 e. The van der Waals surface area contributed by atoms with E-state index in [0.29, 0.717) is 16.8 Å². The fraction of sp³-hybridized carbons (Fsp3) is 0.227. The van der Waals surface area contributed by atoms with Crippen molar-refractivity contribution in [1.82, 2.24) is 14.7 Å². The van der Waals surface area contributed by atoms with E-state index in [4.69, 9.17) is 9.26 Å². The third-order valence-corrected chi connectivity index (χ3v) is 4.47. The van der Waals surface area contributed by atoms with E-state index in [1.807, 2.05) is 73.9 Å². The maximum absolute atomic E-state index is 12.9. The summed E-state index contributed by atoms with van der Waals surface area (Å²) in [4.78, 5) is 17.4. The van der Waals surface area contributed by atoms with Crippen LogP contribution in [0.2, 0.25) is 0 Å². The third-order valence-electron chi connectivity index (χ3n) is 4.47. The Labute approximate surface area is 162 Å². The highest BCUT2D eigenvalue weighted by atomic mass is 16.5. The van der Waals surface area contributed by atoms with Crippen LogP contribution in [0, 0.1) is 0 Å². The quantitative estimate of drug-likeness (QED) is 0.513. The van der Waals surface area contributed by atoms with Gasteiger partial charge in [-0.1, -0.05) is 17.3 Å². The first-order chi connectivity index (χ1) is 13.6. The van der Waals surface area contributed by atoms with Gasteiger partial charge in [0.15, 0.2) is 0 Å². The van der Waals surface area contributed by atoms with E-state index >= 15 is 0 Å². The molecule has 0 aliphatic carbocycles. The standard InChI is InChI=1S/C22H21N3O3/c1-4-25-13-18(20(26)17-7-5-6-8-19(17)25)22-23-21(24-28-22)15-9-11-16(12-10-15)27-14(2)3/h5-14H,4H2,1-3H3. The van der Waals surface area contributed by atoms with Gasteiger partial charge in [0.1, 0.15) is 11.3 Å². The minimum absolute atomic E-state index is 0.108. The monoisotopic (exact) mass is 375 g/mol. The van der Waals surface area contributed by atoms with Gasteiger partial charge < -0.3 is 13.8 Å². The summed E-state index contributed by atoms with van der Waals surface area (Å²) in [6, 6.07) is 15.0. The maximum Gasteiger partial charge on any atom is 0.263 e. The molecule has 0 spiro atoms. The number of benzene rings is 2. The van der Waals surface area contributed by atoms with Gasteiger partial charge in [-0.15, -0.1) is 0 Å². The molecule has 28 heavy (non-hydrogen) atoms. The molecule has 6 heteroatoms. The number of aromatic nitrogens is 3. The Kier molecular flexibility index (Phi) is 4.69. The molecule has 0 N–H and O–H groups in total. The number of fused-ring (bicyclic) bond motifs is 1. The van der Waals surface area contributed by atoms with Crippen LogP contribution >= 0.6 is 0 Å². The SMILES string of the molecule is CCn1cc(-c2nc(-c3ccc(OC(C)C)cc3)no2)c(=O)c2ccccc21. The van der Waals surface area contributed by atoms with Gasteiger partial charge in [-0.2, -0.15) is 4.98 Å². The van der Waals surface area contributed by atoms with Crippen molar-refractivity contribution in [1.29, 1.82) is 0 Å². The molecule has 4 rings (SSSR count). The van der Waals surface area contributed by atoms with Crippen molar-refractivity contribution >= 4 is 10.9 Å². The van der Waals surface area contributed by atoms with Crippen molar-refractivity contribution in [3.63, 3.8) is 0 Å². The number of para-hydroxylation sites is 1. The largest absolute Gasteiger partial charge is 0.491 e. The summed E-state index contributed by atoms with van der Waals surface area (Å²) in [5.41, 5.74) is 1.97. The van der Waals surface area contributed by atoms with Gasteiger partial charge in [0.25, 0.3) is 5.89 Å². The Bertz CT molecular complexity index is 1170. The van der Waals surface area contributed by atoms with Gasteiger partial charge >= 0.3 is 0 Å². The third kappa shape index (κ3) is 3.29. The van der Waals surface area contributed by atoms with E-state index in [2.05, 4.69) is 10.1 Å². The van der Waals surface area contributed by atoms with Gasteiger partial charge in [0, 0.05) is 23.7 Å². The lowest BCUT2D eigenvalue weighted by molar-refractivity contribution is 0.242. The van der Waals surface area contributed by atoms with Gasteiger partial charge in [-0.3, -0.25) is 4.79 Å². The molecule has 142 valence electrons. The molecular weight excluding hydrogens is 354 g/mol. The fourth-order valence-corrected chi connectivity index (χ4v) is 3.16. The van der Waals surface area contributed by atoms with Crippen LogP contribution in [0.25, 0.3) is 33.7 Å². The van der Waals surface area contributed by atoms with Crippen LogP contribution in [-0.4, -0.2) is 20.8 Å². The second-order valence-electron chi connectivity index (χ2n) is 6.79. The predicted octanol–water partition coefficient (Wildman–Crippen LogP) is 4.53. The molecule has 2 aromatic carbocycles. The first kappa shape index (κ1) is 18.0. The highest BCUT2D eigenvalue weighted by Gasteiger charge is 2.17. The lowest BCUT2D eigenvalue weighted by Crippen LogP contribution is -2.11. The van der Waals surface area contributed by atoms with Gasteiger partial charge in [-0.05, 0) is 57.2 Å². The Balaban J connectivity index is 1.73. The average Bonchev–Trinajstić information content (AvgIpc) is 3.18. The zero-order chi connectivity index (χ0) is 19.7. The van der Waals surface area contributed by atoms with E-state index in [9.17, 15) is 4.79 Å². The summed E-state index contributed by atoms with van der Waals surface area (Å²) in [5.74, 6) is 1.43. The molecule has 0 aliphatic rings. The van der Waals surface area contributed by atoms with E-state index < -0.39 is 0 Å². The Morgan fingerprint density at radius 1 is 1.11 bits per heavy atom. The molecule has 2 aromatic heterocycles. The van der Waals surface area contributed by atoms with Crippen molar-refractivity contribution in [2.45, 2.75) is 33.4 Å². The summed E-state index contributed by atoms with van der Waals surface area (Å²) in [6.07, 6.45) is 1.89. The molecule has 0 radical (unpaired) electrons. The summed E-state index contributed by atoms with van der Waals surface area (Å²) < 4.78 is 13.1. The van der Waals surface area contributed by atoms with Gasteiger partial charge in [0.05, 0.1) is 11.6 Å². The minimum Gasteiger partial charge on any atom is -0.491 e. The second-order valence-corrected chi connectivity index (χ2v) is 6.79. The lowest BCUT2D eigenvalue weighted by Gasteiger charge is -2.09. The van der Waals surface area contributed by atoms with E-state index in [0.717, 1.165) is 23.4 Å². The molecule has 0 atom stereocenters. The van der Waals surface area contributed by atoms with Crippen LogP contribution in [0.4, 0.5) is 0 Å². The highest BCUT2D eigenvalue weighted by molar-refractivity contribution is 5.82. The molecule has 6 nitrogen and oxygen atoms in total. The summed E-state index contributed by atoms with van der Waals surface area (Å²) >= 11 is 0. The van der Waals surface area contributed by atoms with Gasteiger partial charge in [-0.25, -0.2) is 0 Å². The van der Waals surface area contributed by atoms with E-state index in [-0.39, 0.29) is 17.4 Å². The Morgan fingerprint density at radius 2 is 1.86 bits per heavy atom. The fourth-order valence-electron chi connectivity index (χ4n) is 3.16. The van der Waals surface area contributed by atoms with Gasteiger partial charge in [0.2, 0.25) is 11.3 Å². The summed E-state index contributed by atoms with van der Waals surface area (Å²) in [6.45, 7) is 6.71. The molecule has 4 aromatic rings. The van der Waals surface area contributed by atoms with Crippen molar-refractivity contribution in [3.05, 3.63) is 65.0 Å². The molecule has 0 amide bonds. The van der Waals surface area contributed by atoms with Crippen molar-refractivity contribution in [2.75, 3.05) is 0 Å². The summed E-state index contributed by atoms with van der Waals surface area (Å²) in [7, 11) is 0. The topological polar surface area (TPSA) is 70.2 Å². The number of ether oxygens (including phenoxy) is 1. The van der Waals surface area contributed by atoms with Crippen LogP contribution < -0.4 is 10.2 Å². The molecule has 0 aliphatic heterocycles. The molecule has 0 saturated heterocycles. The normalized spacial score (nSPS) is 11.3. The van der Waals surface area contributed by atoms with Crippen LogP contribution in [0.15, 0.2) is 64.0 Å². The minimum atomic E-state index is -0.115. The first-order valence-corrected chi connectivity index (χ1v) is 9.30. The average molecular weight is 375 g/mol. The zero-order valence-electron chi connectivity index (χ0n) is 16.0. The van der Waals surface area contributed by atoms with Crippen molar-refractivity contribution < 1.29 is 9.26 Å². The molecule has 0 unspecified atom stereocenters. The number of nitrogens with zero attached hydrogens (tertiary/aromatic N) is 3. The van der Waals surface area contributed by atoms with Crippen LogP contribution in [0.3, 0.4) is 0 Å². The van der Waals surface area contributed by atoms with E-state index in [1.54, 1.807) is 6.20 Å². The van der Waals surface area contributed by atoms with Crippen LogP contribution in [0.5, 0.6) is 5.75 Å². The summed E-state index contributed by atoms with van der Waals surface area (Å²) in [5, 5.41) is 4.69. The zero-order valence-corrected chi connectivity index (χ0v) is 16.0.